The molecule has 0 radical (unpaired) electrons. The van der Waals surface area contributed by atoms with E-state index >= 15 is 0 Å². The molecule has 0 atom stereocenters. The van der Waals surface area contributed by atoms with Crippen molar-refractivity contribution in [1.82, 2.24) is 0 Å². The van der Waals surface area contributed by atoms with Crippen molar-refractivity contribution in [2.45, 2.75) is 20.8 Å². The number of carbonyl (C=O) groups is 1. The highest BCUT2D eigenvalue weighted by Crippen LogP contribution is 2.42. The molecule has 0 bridgehead atoms. The fraction of sp³-hybridized carbons (Fsp3) is 0.125. The van der Waals surface area contributed by atoms with Gasteiger partial charge in [-0.15, -0.1) is 11.3 Å². The highest BCUT2D eigenvalue weighted by molar-refractivity contribution is 7.21. The van der Waals surface area contributed by atoms with Gasteiger partial charge in [-0.3, -0.25) is 4.79 Å². The maximum absolute atomic E-state index is 13.7. The molecule has 0 aliphatic carbocycles. The molecule has 4 aromatic rings. The molecular formula is C24H19FO2S. The van der Waals surface area contributed by atoms with E-state index in [0.717, 1.165) is 15.6 Å². The van der Waals surface area contributed by atoms with Crippen LogP contribution in [0.2, 0.25) is 0 Å². The van der Waals surface area contributed by atoms with Gasteiger partial charge in [-0.1, -0.05) is 29.8 Å². The predicted octanol–water partition coefficient (Wildman–Crippen LogP) is 6.99. The number of aryl methyl sites for hydroxylation is 3. The van der Waals surface area contributed by atoms with Gasteiger partial charge in [0, 0.05) is 15.6 Å². The summed E-state index contributed by atoms with van der Waals surface area (Å²) in [6, 6.07) is 18.3. The molecule has 0 spiro atoms. The molecular weight excluding hydrogens is 371 g/mol. The van der Waals surface area contributed by atoms with Crippen LogP contribution in [0, 0.1) is 26.6 Å². The smallest absolute Gasteiger partial charge is 0.207 e. The van der Waals surface area contributed by atoms with E-state index in [0.29, 0.717) is 33.1 Å². The Morgan fingerprint density at radius 1 is 0.929 bits per heavy atom. The van der Waals surface area contributed by atoms with Crippen molar-refractivity contribution in [2.75, 3.05) is 0 Å². The first kappa shape index (κ1) is 18.4. The molecule has 4 heteroatoms. The monoisotopic (exact) mass is 390 g/mol. The highest BCUT2D eigenvalue weighted by Gasteiger charge is 2.24. The molecule has 0 aliphatic heterocycles. The Labute approximate surface area is 167 Å². The predicted molar refractivity (Wildman–Crippen MR) is 112 cm³/mol. The van der Waals surface area contributed by atoms with Crippen molar-refractivity contribution < 1.29 is 13.9 Å². The zero-order chi connectivity index (χ0) is 19.8. The van der Waals surface area contributed by atoms with Gasteiger partial charge >= 0.3 is 0 Å². The Morgan fingerprint density at radius 3 is 2.25 bits per heavy atom. The lowest BCUT2D eigenvalue weighted by Crippen LogP contribution is -2.06. The van der Waals surface area contributed by atoms with Gasteiger partial charge in [-0.05, 0) is 68.3 Å². The Morgan fingerprint density at radius 2 is 1.57 bits per heavy atom. The summed E-state index contributed by atoms with van der Waals surface area (Å²) >= 11 is 1.40. The van der Waals surface area contributed by atoms with E-state index in [-0.39, 0.29) is 11.6 Å². The molecule has 0 unspecified atom stereocenters. The molecule has 0 N–H and O–H groups in total. The Balaban J connectivity index is 1.87. The van der Waals surface area contributed by atoms with Gasteiger partial charge in [-0.2, -0.15) is 0 Å². The molecule has 0 fully saturated rings. The van der Waals surface area contributed by atoms with Crippen LogP contribution in [0.5, 0.6) is 11.5 Å². The number of fused-ring (bicyclic) bond motifs is 1. The molecule has 4 rings (SSSR count). The third-order valence-corrected chi connectivity index (χ3v) is 5.87. The fourth-order valence-corrected chi connectivity index (χ4v) is 4.46. The molecule has 140 valence electrons. The van der Waals surface area contributed by atoms with E-state index in [2.05, 4.69) is 0 Å². The summed E-state index contributed by atoms with van der Waals surface area (Å²) in [5.41, 5.74) is 2.92. The largest absolute Gasteiger partial charge is 0.455 e. The lowest BCUT2D eigenvalue weighted by molar-refractivity contribution is 0.103. The average molecular weight is 390 g/mol. The minimum absolute atomic E-state index is 0.140. The van der Waals surface area contributed by atoms with Gasteiger partial charge in [0.15, 0.2) is 5.75 Å². The summed E-state index contributed by atoms with van der Waals surface area (Å²) < 4.78 is 20.9. The summed E-state index contributed by atoms with van der Waals surface area (Å²) in [6.07, 6.45) is 0. The van der Waals surface area contributed by atoms with Gasteiger partial charge in [0.25, 0.3) is 0 Å². The normalized spacial score (nSPS) is 11.0. The van der Waals surface area contributed by atoms with Crippen LogP contribution >= 0.6 is 11.3 Å². The quantitative estimate of drug-likeness (QED) is 0.351. The number of halogens is 1. The second-order valence-electron chi connectivity index (χ2n) is 6.92. The van der Waals surface area contributed by atoms with Crippen LogP contribution in [-0.4, -0.2) is 5.78 Å². The van der Waals surface area contributed by atoms with Crippen molar-refractivity contribution in [3.05, 3.63) is 93.6 Å². The molecule has 2 nitrogen and oxygen atoms in total. The van der Waals surface area contributed by atoms with Crippen molar-refractivity contribution in [3.63, 3.8) is 0 Å². The van der Waals surface area contributed by atoms with Crippen LogP contribution in [-0.2, 0) is 0 Å². The molecule has 28 heavy (non-hydrogen) atoms. The lowest BCUT2D eigenvalue weighted by atomic mass is 9.97. The lowest BCUT2D eigenvalue weighted by Gasteiger charge is -2.11. The van der Waals surface area contributed by atoms with Crippen LogP contribution in [0.1, 0.15) is 31.9 Å². The van der Waals surface area contributed by atoms with Gasteiger partial charge in [-0.25, -0.2) is 4.39 Å². The van der Waals surface area contributed by atoms with E-state index in [1.54, 1.807) is 13.8 Å². The summed E-state index contributed by atoms with van der Waals surface area (Å²) in [6.45, 7) is 5.53. The zero-order valence-corrected chi connectivity index (χ0v) is 16.7. The van der Waals surface area contributed by atoms with Crippen molar-refractivity contribution in [3.8, 4) is 11.5 Å². The molecule has 0 aliphatic rings. The maximum atomic E-state index is 13.7. The van der Waals surface area contributed by atoms with E-state index < -0.39 is 0 Å². The first-order chi connectivity index (χ1) is 13.4. The van der Waals surface area contributed by atoms with Crippen LogP contribution < -0.4 is 4.74 Å². The van der Waals surface area contributed by atoms with E-state index in [9.17, 15) is 9.18 Å². The van der Waals surface area contributed by atoms with E-state index in [4.69, 9.17) is 4.74 Å². The number of rotatable bonds is 4. The number of hydrogen-bond acceptors (Lipinski definition) is 3. The summed E-state index contributed by atoms with van der Waals surface area (Å²) in [4.78, 5) is 14.0. The van der Waals surface area contributed by atoms with Crippen LogP contribution in [0.4, 0.5) is 4.39 Å². The van der Waals surface area contributed by atoms with E-state index in [1.807, 2.05) is 55.5 Å². The number of thiophene rings is 1. The standard InChI is InChI=1S/C24H19FO2S/c1-14-8-10-18(11-9-14)27-23-19-6-4-5-7-20(19)28-24(23)22(26)21-15(2)12-17(25)13-16(21)3/h4-13H,1-3H3. The summed E-state index contributed by atoms with van der Waals surface area (Å²) in [5, 5.41) is 0.897. The Hall–Kier alpha value is -2.98. The van der Waals surface area contributed by atoms with Gasteiger partial charge < -0.3 is 4.74 Å². The first-order valence-electron chi connectivity index (χ1n) is 9.01. The number of carbonyl (C=O) groups excluding carboxylic acids is 1. The molecule has 0 amide bonds. The molecule has 1 heterocycles. The number of ether oxygens (including phenoxy) is 1. The fourth-order valence-electron chi connectivity index (χ4n) is 3.38. The second kappa shape index (κ2) is 7.21. The summed E-state index contributed by atoms with van der Waals surface area (Å²) in [5.74, 6) is 0.755. The molecule has 1 aromatic heterocycles. The van der Waals surface area contributed by atoms with Gasteiger partial charge in [0.1, 0.15) is 16.4 Å². The third kappa shape index (κ3) is 3.32. The number of hydrogen-bond donors (Lipinski definition) is 0. The third-order valence-electron chi connectivity index (χ3n) is 4.72. The molecule has 0 saturated heterocycles. The first-order valence-corrected chi connectivity index (χ1v) is 9.83. The van der Waals surface area contributed by atoms with Gasteiger partial charge in [0.05, 0.1) is 0 Å². The van der Waals surface area contributed by atoms with Crippen molar-refractivity contribution in [1.29, 1.82) is 0 Å². The molecule has 3 aromatic carbocycles. The number of benzene rings is 3. The molecule has 0 saturated carbocycles. The zero-order valence-electron chi connectivity index (χ0n) is 15.9. The van der Waals surface area contributed by atoms with Crippen LogP contribution in [0.15, 0.2) is 60.7 Å². The van der Waals surface area contributed by atoms with Crippen LogP contribution in [0.25, 0.3) is 10.1 Å². The minimum atomic E-state index is -0.334. The Kier molecular flexibility index (Phi) is 4.73. The Bertz CT molecular complexity index is 1170. The van der Waals surface area contributed by atoms with Crippen molar-refractivity contribution >= 4 is 27.2 Å². The SMILES string of the molecule is Cc1ccc(Oc2c(C(=O)c3c(C)cc(F)cc3C)sc3ccccc23)cc1. The minimum Gasteiger partial charge on any atom is -0.455 e. The topological polar surface area (TPSA) is 26.3 Å². The van der Waals surface area contributed by atoms with E-state index in [1.165, 1.54) is 23.5 Å². The summed E-state index contributed by atoms with van der Waals surface area (Å²) in [7, 11) is 0. The van der Waals surface area contributed by atoms with Crippen LogP contribution in [0.3, 0.4) is 0 Å². The van der Waals surface area contributed by atoms with Gasteiger partial charge in [0.2, 0.25) is 5.78 Å². The maximum Gasteiger partial charge on any atom is 0.207 e. The second-order valence-corrected chi connectivity index (χ2v) is 7.97. The van der Waals surface area contributed by atoms with Crippen molar-refractivity contribution in [2.24, 2.45) is 0 Å². The highest BCUT2D eigenvalue weighted by atomic mass is 32.1. The number of ketones is 1. The average Bonchev–Trinajstić information content (AvgIpc) is 3.01.